The molecular formula is C13H21ClN2O2S. The van der Waals surface area contributed by atoms with Gasteiger partial charge in [-0.05, 0) is 24.9 Å². The second-order valence-electron chi connectivity index (χ2n) is 4.55. The smallest absolute Gasteiger partial charge is 0.214 e. The van der Waals surface area contributed by atoms with Gasteiger partial charge in [0.2, 0.25) is 10.0 Å². The molecule has 0 saturated carbocycles. The molecule has 0 aromatic heterocycles. The average Bonchev–Trinajstić information content (AvgIpc) is 2.67. The molecule has 2 rings (SSSR count). The molecular weight excluding hydrogens is 284 g/mol. The topological polar surface area (TPSA) is 49.4 Å². The molecule has 1 N–H and O–H groups in total. The van der Waals surface area contributed by atoms with Gasteiger partial charge in [0.1, 0.15) is 0 Å². The maximum atomic E-state index is 12.2. The van der Waals surface area contributed by atoms with Gasteiger partial charge in [-0.3, -0.25) is 0 Å². The minimum absolute atomic E-state index is 0. The van der Waals surface area contributed by atoms with Crippen molar-refractivity contribution >= 4 is 22.4 Å². The van der Waals surface area contributed by atoms with Crippen LogP contribution in [0.1, 0.15) is 12.0 Å². The molecule has 0 bridgehead atoms. The monoisotopic (exact) mass is 304 g/mol. The fraction of sp³-hybridized carbons (Fsp3) is 0.538. The maximum Gasteiger partial charge on any atom is 0.214 e. The number of rotatable bonds is 4. The van der Waals surface area contributed by atoms with Crippen LogP contribution in [-0.2, 0) is 16.4 Å². The molecule has 0 atom stereocenters. The highest BCUT2D eigenvalue weighted by molar-refractivity contribution is 7.89. The number of nitrogens with one attached hydrogen (secondary N) is 1. The summed E-state index contributed by atoms with van der Waals surface area (Å²) < 4.78 is 26.0. The zero-order valence-corrected chi connectivity index (χ0v) is 12.5. The Kier molecular flexibility index (Phi) is 6.79. The van der Waals surface area contributed by atoms with Crippen LogP contribution in [0.15, 0.2) is 30.3 Å². The van der Waals surface area contributed by atoms with E-state index in [2.05, 4.69) is 5.32 Å². The summed E-state index contributed by atoms with van der Waals surface area (Å²) in [6, 6.07) is 9.77. The van der Waals surface area contributed by atoms with Crippen molar-refractivity contribution in [1.29, 1.82) is 0 Å². The Hall–Kier alpha value is -0.620. The zero-order chi connectivity index (χ0) is 12.8. The molecule has 108 valence electrons. The number of halogens is 1. The summed E-state index contributed by atoms with van der Waals surface area (Å²) in [6.45, 7) is 2.90. The fourth-order valence-corrected chi connectivity index (χ4v) is 3.65. The third kappa shape index (κ3) is 5.10. The molecule has 0 unspecified atom stereocenters. The first-order chi connectivity index (χ1) is 8.68. The van der Waals surface area contributed by atoms with Gasteiger partial charge >= 0.3 is 0 Å². The molecule has 0 aliphatic carbocycles. The van der Waals surface area contributed by atoms with Crippen LogP contribution in [0.25, 0.3) is 0 Å². The minimum Gasteiger partial charge on any atom is -0.315 e. The van der Waals surface area contributed by atoms with Crippen LogP contribution in [0, 0.1) is 0 Å². The first-order valence-electron chi connectivity index (χ1n) is 6.41. The number of sulfonamides is 1. The molecule has 19 heavy (non-hydrogen) atoms. The van der Waals surface area contributed by atoms with Crippen molar-refractivity contribution in [2.45, 2.75) is 12.8 Å². The van der Waals surface area contributed by atoms with Crippen molar-refractivity contribution in [2.24, 2.45) is 0 Å². The SMILES string of the molecule is Cl.O=S(=O)(CCc1ccccc1)N1CCCNCC1. The van der Waals surface area contributed by atoms with E-state index in [-0.39, 0.29) is 18.2 Å². The van der Waals surface area contributed by atoms with Crippen molar-refractivity contribution < 1.29 is 8.42 Å². The molecule has 1 aromatic carbocycles. The Morgan fingerprint density at radius 1 is 1.11 bits per heavy atom. The number of hydrogen-bond donors (Lipinski definition) is 1. The molecule has 1 saturated heterocycles. The van der Waals surface area contributed by atoms with Gasteiger partial charge in [0.05, 0.1) is 5.75 Å². The van der Waals surface area contributed by atoms with Crippen LogP contribution in [0.3, 0.4) is 0 Å². The second-order valence-corrected chi connectivity index (χ2v) is 6.64. The Labute approximate surface area is 121 Å². The van der Waals surface area contributed by atoms with E-state index < -0.39 is 10.0 Å². The van der Waals surface area contributed by atoms with Crippen LogP contribution in [0.4, 0.5) is 0 Å². The largest absolute Gasteiger partial charge is 0.315 e. The molecule has 4 nitrogen and oxygen atoms in total. The van der Waals surface area contributed by atoms with Crippen molar-refractivity contribution in [3.63, 3.8) is 0 Å². The van der Waals surface area contributed by atoms with Crippen molar-refractivity contribution in [1.82, 2.24) is 9.62 Å². The predicted octanol–water partition coefficient (Wildman–Crippen LogP) is 1.28. The molecule has 1 aromatic rings. The molecule has 0 amide bonds. The molecule has 1 fully saturated rings. The Balaban J connectivity index is 0.00000180. The first-order valence-corrected chi connectivity index (χ1v) is 8.02. The van der Waals surface area contributed by atoms with Gasteiger partial charge in [0.25, 0.3) is 0 Å². The molecule has 1 aliphatic heterocycles. The number of hydrogen-bond acceptors (Lipinski definition) is 3. The van der Waals surface area contributed by atoms with Crippen LogP contribution < -0.4 is 5.32 Å². The van der Waals surface area contributed by atoms with Gasteiger partial charge < -0.3 is 5.32 Å². The van der Waals surface area contributed by atoms with Crippen molar-refractivity contribution in [2.75, 3.05) is 31.9 Å². The van der Waals surface area contributed by atoms with E-state index in [0.29, 0.717) is 19.5 Å². The van der Waals surface area contributed by atoms with E-state index >= 15 is 0 Å². The van der Waals surface area contributed by atoms with E-state index in [1.54, 1.807) is 4.31 Å². The average molecular weight is 305 g/mol. The van der Waals surface area contributed by atoms with Crippen molar-refractivity contribution in [3.05, 3.63) is 35.9 Å². The van der Waals surface area contributed by atoms with E-state index in [1.807, 2.05) is 30.3 Å². The summed E-state index contributed by atoms with van der Waals surface area (Å²) in [5, 5.41) is 3.22. The van der Waals surface area contributed by atoms with Gasteiger partial charge in [-0.1, -0.05) is 30.3 Å². The minimum atomic E-state index is -3.11. The lowest BCUT2D eigenvalue weighted by atomic mass is 10.2. The Morgan fingerprint density at radius 2 is 1.84 bits per heavy atom. The van der Waals surface area contributed by atoms with Crippen molar-refractivity contribution in [3.8, 4) is 0 Å². The summed E-state index contributed by atoms with van der Waals surface area (Å²) in [6.07, 6.45) is 1.48. The molecule has 0 spiro atoms. The number of aryl methyl sites for hydroxylation is 1. The van der Waals surface area contributed by atoms with Gasteiger partial charge in [0, 0.05) is 19.6 Å². The van der Waals surface area contributed by atoms with E-state index in [0.717, 1.165) is 25.1 Å². The highest BCUT2D eigenvalue weighted by Gasteiger charge is 2.22. The van der Waals surface area contributed by atoms with Gasteiger partial charge in [0.15, 0.2) is 0 Å². The predicted molar refractivity (Wildman–Crippen MR) is 80.2 cm³/mol. The van der Waals surface area contributed by atoms with Crippen LogP contribution >= 0.6 is 12.4 Å². The standard InChI is InChI=1S/C13H20N2O2S.ClH/c16-18(17,15-10-4-8-14-9-11-15)12-7-13-5-2-1-3-6-13;/h1-3,5-6,14H,4,7-12H2;1H. The lowest BCUT2D eigenvalue weighted by Gasteiger charge is -2.19. The lowest BCUT2D eigenvalue weighted by Crippen LogP contribution is -2.36. The molecule has 0 radical (unpaired) electrons. The molecule has 1 heterocycles. The highest BCUT2D eigenvalue weighted by Crippen LogP contribution is 2.08. The Bertz CT molecular complexity index is 457. The summed E-state index contributed by atoms with van der Waals surface area (Å²) >= 11 is 0. The van der Waals surface area contributed by atoms with Crippen LogP contribution in [-0.4, -0.2) is 44.7 Å². The quantitative estimate of drug-likeness (QED) is 0.911. The highest BCUT2D eigenvalue weighted by atomic mass is 35.5. The summed E-state index contributed by atoms with van der Waals surface area (Å²) in [4.78, 5) is 0. The summed E-state index contributed by atoms with van der Waals surface area (Å²) in [5.41, 5.74) is 1.08. The second kappa shape index (κ2) is 7.85. The normalized spacial score (nSPS) is 17.5. The summed E-state index contributed by atoms with van der Waals surface area (Å²) in [5.74, 6) is 0.205. The lowest BCUT2D eigenvalue weighted by molar-refractivity contribution is 0.432. The van der Waals surface area contributed by atoms with E-state index in [9.17, 15) is 8.42 Å². The van der Waals surface area contributed by atoms with Gasteiger partial charge in [-0.25, -0.2) is 12.7 Å². The maximum absolute atomic E-state index is 12.2. The molecule has 6 heteroatoms. The number of nitrogens with zero attached hydrogens (tertiary/aromatic N) is 1. The Morgan fingerprint density at radius 3 is 2.58 bits per heavy atom. The number of benzene rings is 1. The van der Waals surface area contributed by atoms with E-state index in [4.69, 9.17) is 0 Å². The third-order valence-corrected chi connectivity index (χ3v) is 5.06. The molecule has 1 aliphatic rings. The zero-order valence-electron chi connectivity index (χ0n) is 10.9. The third-order valence-electron chi connectivity index (χ3n) is 3.18. The summed E-state index contributed by atoms with van der Waals surface area (Å²) in [7, 11) is -3.11. The van der Waals surface area contributed by atoms with Crippen LogP contribution in [0.2, 0.25) is 0 Å². The van der Waals surface area contributed by atoms with Gasteiger partial charge in [-0.2, -0.15) is 0 Å². The van der Waals surface area contributed by atoms with Gasteiger partial charge in [-0.15, -0.1) is 12.4 Å². The first kappa shape index (κ1) is 16.4. The van der Waals surface area contributed by atoms with E-state index in [1.165, 1.54) is 0 Å². The fourth-order valence-electron chi connectivity index (χ4n) is 2.12. The van der Waals surface area contributed by atoms with Crippen LogP contribution in [0.5, 0.6) is 0 Å².